The van der Waals surface area contributed by atoms with Gasteiger partial charge in [0.1, 0.15) is 11.9 Å². The highest BCUT2D eigenvalue weighted by atomic mass is 19.1. The van der Waals surface area contributed by atoms with E-state index in [1.165, 1.54) is 30.2 Å². The summed E-state index contributed by atoms with van der Waals surface area (Å²) in [5, 5.41) is 9.54. The second kappa shape index (κ2) is 6.89. The number of hydrogen-bond donors (Lipinski definition) is 1. The normalized spacial score (nSPS) is 26.2. The number of likely N-dealkylation sites (tertiary alicyclic amines) is 1. The zero-order valence-electron chi connectivity index (χ0n) is 13.7. The van der Waals surface area contributed by atoms with Crippen molar-refractivity contribution < 1.29 is 23.8 Å². The van der Waals surface area contributed by atoms with Gasteiger partial charge in [-0.1, -0.05) is 12.8 Å². The average molecular weight is 335 g/mol. The van der Waals surface area contributed by atoms with Crippen molar-refractivity contribution in [3.8, 4) is 0 Å². The Kier molecular flexibility index (Phi) is 4.85. The minimum Gasteiger partial charge on any atom is -0.480 e. The molecule has 2 fully saturated rings. The van der Waals surface area contributed by atoms with Crippen LogP contribution in [0.1, 0.15) is 48.0 Å². The molecule has 1 aliphatic carbocycles. The molecule has 3 rings (SSSR count). The van der Waals surface area contributed by atoms with Gasteiger partial charge in [-0.25, -0.2) is 9.18 Å². The molecule has 1 aromatic carbocycles. The molecule has 0 spiro atoms. The van der Waals surface area contributed by atoms with Crippen molar-refractivity contribution in [3.63, 3.8) is 0 Å². The van der Waals surface area contributed by atoms with E-state index in [4.69, 9.17) is 4.74 Å². The third-order valence-corrected chi connectivity index (χ3v) is 5.20. The molecule has 1 N–H and O–H groups in total. The van der Waals surface area contributed by atoms with Crippen molar-refractivity contribution >= 4 is 11.9 Å². The summed E-state index contributed by atoms with van der Waals surface area (Å²) in [5.74, 6) is -1.46. The zero-order chi connectivity index (χ0) is 17.3. The molecule has 0 radical (unpaired) electrons. The van der Waals surface area contributed by atoms with E-state index >= 15 is 0 Å². The van der Waals surface area contributed by atoms with E-state index in [2.05, 4.69) is 0 Å². The number of nitrogens with zero attached hydrogens (tertiary/aromatic N) is 1. The lowest BCUT2D eigenvalue weighted by atomic mass is 9.84. The Balaban J connectivity index is 1.91. The van der Waals surface area contributed by atoms with Gasteiger partial charge in [0.15, 0.2) is 0 Å². The number of fused-ring (bicyclic) bond motifs is 1. The number of hydrogen-bond acceptors (Lipinski definition) is 3. The SMILES string of the molecule is COCc1cc(C(=O)N2[C@@H]3CCCC[C@H]3C[C@H]2C(=O)O)ccc1F. The van der Waals surface area contributed by atoms with E-state index < -0.39 is 17.8 Å². The van der Waals surface area contributed by atoms with Gasteiger partial charge in [-0.3, -0.25) is 4.79 Å². The number of rotatable bonds is 4. The van der Waals surface area contributed by atoms with E-state index in [1.54, 1.807) is 0 Å². The summed E-state index contributed by atoms with van der Waals surface area (Å²) < 4.78 is 18.7. The van der Waals surface area contributed by atoms with Gasteiger partial charge in [-0.15, -0.1) is 0 Å². The van der Waals surface area contributed by atoms with Crippen LogP contribution in [0.3, 0.4) is 0 Å². The van der Waals surface area contributed by atoms with Gasteiger partial charge in [0, 0.05) is 24.3 Å². The summed E-state index contributed by atoms with van der Waals surface area (Å²) in [6, 6.07) is 3.32. The van der Waals surface area contributed by atoms with Crippen LogP contribution in [0.25, 0.3) is 0 Å². The number of carboxylic acid groups (broad SMARTS) is 1. The molecule has 5 nitrogen and oxygen atoms in total. The molecule has 1 amide bonds. The summed E-state index contributed by atoms with van der Waals surface area (Å²) in [4.78, 5) is 26.1. The van der Waals surface area contributed by atoms with Gasteiger partial charge in [-0.05, 0) is 43.4 Å². The van der Waals surface area contributed by atoms with Gasteiger partial charge in [0.2, 0.25) is 0 Å². The number of ether oxygens (including phenoxy) is 1. The molecule has 0 bridgehead atoms. The first-order chi connectivity index (χ1) is 11.5. The number of carboxylic acids is 1. The summed E-state index contributed by atoms with van der Waals surface area (Å²) in [6.07, 6.45) is 4.42. The topological polar surface area (TPSA) is 66.8 Å². The fraction of sp³-hybridized carbons (Fsp3) is 0.556. The monoisotopic (exact) mass is 335 g/mol. The molecule has 1 saturated heterocycles. The van der Waals surface area contributed by atoms with Crippen molar-refractivity contribution in [2.24, 2.45) is 5.92 Å². The van der Waals surface area contributed by atoms with E-state index in [9.17, 15) is 19.1 Å². The first kappa shape index (κ1) is 16.9. The van der Waals surface area contributed by atoms with Gasteiger partial charge in [0.25, 0.3) is 5.91 Å². The highest BCUT2D eigenvalue weighted by Crippen LogP contribution is 2.40. The van der Waals surface area contributed by atoms with Crippen molar-refractivity contribution in [1.82, 2.24) is 4.90 Å². The third-order valence-electron chi connectivity index (χ3n) is 5.20. The Bertz CT molecular complexity index is 648. The maximum Gasteiger partial charge on any atom is 0.326 e. The first-order valence-corrected chi connectivity index (χ1v) is 8.35. The summed E-state index contributed by atoms with van der Waals surface area (Å²) in [7, 11) is 1.46. The van der Waals surface area contributed by atoms with Crippen molar-refractivity contribution in [1.29, 1.82) is 0 Å². The Morgan fingerprint density at radius 2 is 2.08 bits per heavy atom. The Labute approximate surface area is 140 Å². The zero-order valence-corrected chi connectivity index (χ0v) is 13.7. The molecule has 1 aliphatic heterocycles. The Morgan fingerprint density at radius 3 is 2.79 bits per heavy atom. The van der Waals surface area contributed by atoms with Gasteiger partial charge in [-0.2, -0.15) is 0 Å². The Morgan fingerprint density at radius 1 is 1.33 bits per heavy atom. The third kappa shape index (κ3) is 3.02. The molecule has 1 saturated carbocycles. The standard InChI is InChI=1S/C18H22FNO4/c1-24-10-13-8-12(6-7-14(13)19)17(21)20-15-5-3-2-4-11(15)9-16(20)18(22)23/h6-8,11,15-16H,2-5,9-10H2,1H3,(H,22,23)/t11-,15+,16-/m0/s1. The number of benzene rings is 1. The van der Waals surface area contributed by atoms with Crippen LogP contribution in [-0.4, -0.2) is 41.1 Å². The molecule has 130 valence electrons. The largest absolute Gasteiger partial charge is 0.480 e. The van der Waals surface area contributed by atoms with E-state index in [0.29, 0.717) is 17.5 Å². The molecule has 24 heavy (non-hydrogen) atoms. The highest BCUT2D eigenvalue weighted by Gasteiger charge is 2.47. The maximum atomic E-state index is 13.8. The van der Waals surface area contributed by atoms with Crippen LogP contribution in [0, 0.1) is 11.7 Å². The number of halogens is 1. The molecule has 0 aromatic heterocycles. The fourth-order valence-corrected chi connectivity index (χ4v) is 4.10. The predicted molar refractivity (Wildman–Crippen MR) is 85.1 cm³/mol. The maximum absolute atomic E-state index is 13.8. The van der Waals surface area contributed by atoms with Crippen molar-refractivity contribution in [3.05, 3.63) is 35.1 Å². The number of amides is 1. The van der Waals surface area contributed by atoms with E-state index in [0.717, 1.165) is 25.7 Å². The molecule has 6 heteroatoms. The molecule has 0 unspecified atom stereocenters. The van der Waals surface area contributed by atoms with Crippen molar-refractivity contribution in [2.75, 3.05) is 7.11 Å². The molecular weight excluding hydrogens is 313 g/mol. The first-order valence-electron chi connectivity index (χ1n) is 8.35. The Hall–Kier alpha value is -1.95. The summed E-state index contributed by atoms with van der Waals surface area (Å²) in [6.45, 7) is 0.0708. The van der Waals surface area contributed by atoms with Crippen LogP contribution in [0.4, 0.5) is 4.39 Å². The van der Waals surface area contributed by atoms with Gasteiger partial charge in [0.05, 0.1) is 6.61 Å². The quantitative estimate of drug-likeness (QED) is 0.919. The van der Waals surface area contributed by atoms with Crippen LogP contribution in [0.2, 0.25) is 0 Å². The minimum absolute atomic E-state index is 0.0247. The highest BCUT2D eigenvalue weighted by molar-refractivity contribution is 5.97. The fourth-order valence-electron chi connectivity index (χ4n) is 4.10. The smallest absolute Gasteiger partial charge is 0.326 e. The van der Waals surface area contributed by atoms with Crippen LogP contribution in [0.5, 0.6) is 0 Å². The minimum atomic E-state index is -0.961. The molecule has 1 heterocycles. The lowest BCUT2D eigenvalue weighted by molar-refractivity contribution is -0.141. The lowest BCUT2D eigenvalue weighted by Crippen LogP contribution is -2.46. The number of carbonyl (C=O) groups is 2. The van der Waals surface area contributed by atoms with Crippen LogP contribution in [0.15, 0.2) is 18.2 Å². The summed E-state index contributed by atoms with van der Waals surface area (Å²) >= 11 is 0. The molecule has 1 aromatic rings. The molecule has 2 aliphatic rings. The molecular formula is C18H22FNO4. The van der Waals surface area contributed by atoms with E-state index in [-0.39, 0.29) is 24.5 Å². The molecule has 3 atom stereocenters. The lowest BCUT2D eigenvalue weighted by Gasteiger charge is -2.33. The summed E-state index contributed by atoms with van der Waals surface area (Å²) in [5.41, 5.74) is 0.621. The predicted octanol–water partition coefficient (Wildman–Crippen LogP) is 2.83. The van der Waals surface area contributed by atoms with Crippen molar-refractivity contribution in [2.45, 2.75) is 50.8 Å². The second-order valence-corrected chi connectivity index (χ2v) is 6.65. The van der Waals surface area contributed by atoms with Gasteiger partial charge < -0.3 is 14.7 Å². The number of carbonyl (C=O) groups excluding carboxylic acids is 1. The van der Waals surface area contributed by atoms with Crippen LogP contribution < -0.4 is 0 Å². The van der Waals surface area contributed by atoms with Crippen LogP contribution >= 0.6 is 0 Å². The number of aliphatic carboxylic acids is 1. The van der Waals surface area contributed by atoms with Gasteiger partial charge >= 0.3 is 5.97 Å². The second-order valence-electron chi connectivity index (χ2n) is 6.65. The van der Waals surface area contributed by atoms with Crippen LogP contribution in [-0.2, 0) is 16.1 Å². The number of methoxy groups -OCH3 is 1. The average Bonchev–Trinajstić information content (AvgIpc) is 2.96. The van der Waals surface area contributed by atoms with E-state index in [1.807, 2.05) is 0 Å².